The minimum atomic E-state index is 0.610. The van der Waals surface area contributed by atoms with Crippen molar-refractivity contribution < 1.29 is 0 Å². The zero-order valence-corrected chi connectivity index (χ0v) is 30.0. The number of likely N-dealkylation sites (tertiary alicyclic amines) is 1. The quantitative estimate of drug-likeness (QED) is 0.171. The zero-order valence-electron chi connectivity index (χ0n) is 30.0. The smallest absolute Gasteiger partial charge is 0.0397 e. The highest BCUT2D eigenvalue weighted by Gasteiger charge is 2.19. The molecule has 7 heteroatoms. The van der Waals surface area contributed by atoms with Crippen LogP contribution < -0.4 is 32.7 Å². The number of nitrogens with zero attached hydrogens (tertiary/aromatic N) is 2. The standard InChI is InChI=1S/C14H22N2.C13H21N3.C13H20N2/c1-11-10-12(15)8-9-14(11)16(2)13-6-4-3-5-7-13;1-10-9-11(14)3-4-13(10)15-12-5-7-16(2)8-6-12;1-10-9-11(14)7-8-13(10)15-12-5-3-2-4-6-12/h8-10,13H,3-7,15H2,1-2H3;3-4,9,12,15H,5-8,14H2,1-2H3;7-9,12,15H,2-6,14H2,1H3. The van der Waals surface area contributed by atoms with Crippen LogP contribution >= 0.6 is 0 Å². The van der Waals surface area contributed by atoms with E-state index in [1.807, 2.05) is 30.3 Å². The topological polar surface area (TPSA) is 109 Å². The lowest BCUT2D eigenvalue weighted by atomic mass is 9.94. The fraction of sp³-hybridized carbons (Fsp3) is 0.550. The van der Waals surface area contributed by atoms with Crippen LogP contribution in [-0.4, -0.2) is 50.2 Å². The predicted octanol–water partition coefficient (Wildman–Crippen LogP) is 8.75. The van der Waals surface area contributed by atoms with Crippen molar-refractivity contribution in [3.8, 4) is 0 Å². The molecule has 1 saturated heterocycles. The molecule has 3 aromatic carbocycles. The van der Waals surface area contributed by atoms with Gasteiger partial charge in [0, 0.05) is 59.3 Å². The Balaban J connectivity index is 0.000000160. The van der Waals surface area contributed by atoms with Crippen molar-refractivity contribution in [3.63, 3.8) is 0 Å². The first kappa shape index (κ1) is 36.3. The summed E-state index contributed by atoms with van der Waals surface area (Å²) in [4.78, 5) is 4.82. The maximum atomic E-state index is 5.79. The number of hydrogen-bond acceptors (Lipinski definition) is 7. The fourth-order valence-electron chi connectivity index (χ4n) is 7.28. The molecule has 0 amide bonds. The van der Waals surface area contributed by atoms with Gasteiger partial charge in [-0.15, -0.1) is 0 Å². The Morgan fingerprint density at radius 1 is 0.574 bits per heavy atom. The average Bonchev–Trinajstić information content (AvgIpc) is 3.06. The van der Waals surface area contributed by atoms with Crippen molar-refractivity contribution in [2.45, 2.75) is 116 Å². The van der Waals surface area contributed by atoms with E-state index in [9.17, 15) is 0 Å². The summed E-state index contributed by atoms with van der Waals surface area (Å²) in [6, 6.07) is 20.4. The number of anilines is 6. The molecule has 2 saturated carbocycles. The number of aryl methyl sites for hydroxylation is 3. The van der Waals surface area contributed by atoms with Gasteiger partial charge in [-0.25, -0.2) is 0 Å². The number of benzene rings is 3. The van der Waals surface area contributed by atoms with E-state index in [1.54, 1.807) is 0 Å². The van der Waals surface area contributed by atoms with Gasteiger partial charge in [0.1, 0.15) is 0 Å². The Labute approximate surface area is 285 Å². The molecule has 3 aliphatic rings. The predicted molar refractivity (Wildman–Crippen MR) is 207 cm³/mol. The Kier molecular flexibility index (Phi) is 14.0. The summed E-state index contributed by atoms with van der Waals surface area (Å²) in [5, 5.41) is 7.24. The van der Waals surface area contributed by atoms with Crippen LogP contribution in [0.5, 0.6) is 0 Å². The van der Waals surface area contributed by atoms with Gasteiger partial charge in [-0.2, -0.15) is 0 Å². The largest absolute Gasteiger partial charge is 0.399 e. The third-order valence-electron chi connectivity index (χ3n) is 10.3. The van der Waals surface area contributed by atoms with Gasteiger partial charge < -0.3 is 37.6 Å². The highest BCUT2D eigenvalue weighted by atomic mass is 15.1. The molecule has 2 aliphatic carbocycles. The van der Waals surface area contributed by atoms with Gasteiger partial charge in [0.05, 0.1) is 0 Å². The second kappa shape index (κ2) is 18.1. The van der Waals surface area contributed by atoms with Gasteiger partial charge in [-0.1, -0.05) is 38.5 Å². The molecule has 1 aliphatic heterocycles. The van der Waals surface area contributed by atoms with Crippen LogP contribution in [0.4, 0.5) is 34.1 Å². The van der Waals surface area contributed by atoms with Crippen molar-refractivity contribution >= 4 is 34.1 Å². The highest BCUT2D eigenvalue weighted by molar-refractivity contribution is 5.60. The van der Waals surface area contributed by atoms with Gasteiger partial charge in [0.25, 0.3) is 0 Å². The summed E-state index contributed by atoms with van der Waals surface area (Å²) >= 11 is 0. The van der Waals surface area contributed by atoms with Crippen LogP contribution in [0.15, 0.2) is 54.6 Å². The molecule has 8 N–H and O–H groups in total. The summed E-state index contributed by atoms with van der Waals surface area (Å²) in [5.74, 6) is 0. The van der Waals surface area contributed by atoms with Gasteiger partial charge in [-0.05, 0) is 151 Å². The number of rotatable bonds is 6. The minimum absolute atomic E-state index is 0.610. The molecule has 0 unspecified atom stereocenters. The lowest BCUT2D eigenvalue weighted by molar-refractivity contribution is 0.264. The Morgan fingerprint density at radius 3 is 1.47 bits per heavy atom. The molecule has 0 atom stereocenters. The Hall–Kier alpha value is -3.58. The molecule has 7 nitrogen and oxygen atoms in total. The first-order chi connectivity index (χ1) is 22.6. The minimum Gasteiger partial charge on any atom is -0.399 e. The molecule has 258 valence electrons. The molecule has 1 heterocycles. The van der Waals surface area contributed by atoms with Crippen LogP contribution in [-0.2, 0) is 0 Å². The third kappa shape index (κ3) is 11.6. The second-order valence-corrected chi connectivity index (χ2v) is 14.3. The summed E-state index contributed by atoms with van der Waals surface area (Å²) in [7, 11) is 4.40. The van der Waals surface area contributed by atoms with E-state index < -0.39 is 0 Å². The summed E-state index contributed by atoms with van der Waals surface area (Å²) in [6.07, 6.45) is 16.0. The molecule has 3 aromatic rings. The van der Waals surface area contributed by atoms with E-state index in [-0.39, 0.29) is 0 Å². The van der Waals surface area contributed by atoms with Crippen molar-refractivity contribution in [3.05, 3.63) is 71.3 Å². The number of piperidine rings is 1. The lowest BCUT2D eigenvalue weighted by Gasteiger charge is -2.34. The van der Waals surface area contributed by atoms with E-state index in [4.69, 9.17) is 17.2 Å². The molecule has 47 heavy (non-hydrogen) atoms. The monoisotopic (exact) mass is 642 g/mol. The van der Waals surface area contributed by atoms with Crippen LogP contribution in [0.3, 0.4) is 0 Å². The van der Waals surface area contributed by atoms with Gasteiger partial charge in [-0.3, -0.25) is 0 Å². The molecule has 0 radical (unpaired) electrons. The molecule has 0 aromatic heterocycles. The molecule has 6 rings (SSSR count). The van der Waals surface area contributed by atoms with E-state index in [1.165, 1.54) is 124 Å². The summed E-state index contributed by atoms with van der Waals surface area (Å²) in [5.41, 5.74) is 27.4. The summed E-state index contributed by atoms with van der Waals surface area (Å²) in [6.45, 7) is 8.73. The van der Waals surface area contributed by atoms with E-state index in [0.29, 0.717) is 12.1 Å². The van der Waals surface area contributed by atoms with Crippen LogP contribution in [0.2, 0.25) is 0 Å². The first-order valence-corrected chi connectivity index (χ1v) is 18.1. The van der Waals surface area contributed by atoms with E-state index >= 15 is 0 Å². The van der Waals surface area contributed by atoms with E-state index in [2.05, 4.69) is 79.6 Å². The maximum Gasteiger partial charge on any atom is 0.0397 e. The highest BCUT2D eigenvalue weighted by Crippen LogP contribution is 2.29. The molecular formula is C40H63N7. The van der Waals surface area contributed by atoms with Gasteiger partial charge in [0.15, 0.2) is 0 Å². The second-order valence-electron chi connectivity index (χ2n) is 14.3. The molecule has 0 bridgehead atoms. The fourth-order valence-corrected chi connectivity index (χ4v) is 7.28. The van der Waals surface area contributed by atoms with Gasteiger partial charge >= 0.3 is 0 Å². The molecule has 0 spiro atoms. The number of hydrogen-bond donors (Lipinski definition) is 5. The van der Waals surface area contributed by atoms with Crippen molar-refractivity contribution in [1.82, 2.24) is 4.90 Å². The molecular weight excluding hydrogens is 578 g/mol. The average molecular weight is 642 g/mol. The lowest BCUT2D eigenvalue weighted by Crippen LogP contribution is -2.36. The first-order valence-electron chi connectivity index (χ1n) is 18.1. The van der Waals surface area contributed by atoms with E-state index in [0.717, 1.165) is 23.1 Å². The maximum absolute atomic E-state index is 5.79. The van der Waals surface area contributed by atoms with Crippen LogP contribution in [0.25, 0.3) is 0 Å². The number of nitrogens with two attached hydrogens (primary N) is 3. The third-order valence-corrected chi connectivity index (χ3v) is 10.3. The van der Waals surface area contributed by atoms with Gasteiger partial charge in [0.2, 0.25) is 0 Å². The van der Waals surface area contributed by atoms with Crippen molar-refractivity contribution in [2.24, 2.45) is 0 Å². The molecule has 3 fully saturated rings. The SMILES string of the molecule is Cc1cc(N)ccc1N(C)C1CCCCC1.Cc1cc(N)ccc1NC1CCCCC1.Cc1cc(N)ccc1NC1CCN(C)CC1. The normalized spacial score (nSPS) is 17.9. The summed E-state index contributed by atoms with van der Waals surface area (Å²) < 4.78 is 0. The van der Waals surface area contributed by atoms with Crippen LogP contribution in [0, 0.1) is 20.8 Å². The number of nitrogen functional groups attached to an aromatic ring is 3. The van der Waals surface area contributed by atoms with Crippen LogP contribution in [0.1, 0.15) is 93.7 Å². The zero-order chi connectivity index (χ0) is 33.8. The number of nitrogens with one attached hydrogen (secondary N) is 2. The Bertz CT molecular complexity index is 1370. The van der Waals surface area contributed by atoms with Crippen molar-refractivity contribution in [2.75, 3.05) is 59.9 Å². The van der Waals surface area contributed by atoms with Crippen molar-refractivity contribution in [1.29, 1.82) is 0 Å². The Morgan fingerprint density at radius 2 is 1.00 bits per heavy atom.